The van der Waals surface area contributed by atoms with E-state index in [-0.39, 0.29) is 17.9 Å². The van der Waals surface area contributed by atoms with Gasteiger partial charge in [0.1, 0.15) is 0 Å². The van der Waals surface area contributed by atoms with Crippen LogP contribution in [0.2, 0.25) is 5.02 Å². The van der Waals surface area contributed by atoms with E-state index in [0.717, 1.165) is 11.3 Å². The van der Waals surface area contributed by atoms with Crippen LogP contribution in [0.4, 0.5) is 0 Å². The van der Waals surface area contributed by atoms with E-state index in [9.17, 15) is 4.79 Å². The van der Waals surface area contributed by atoms with Crippen LogP contribution >= 0.6 is 11.6 Å². The van der Waals surface area contributed by atoms with Gasteiger partial charge in [-0.1, -0.05) is 29.8 Å². The molecule has 1 saturated heterocycles. The molecule has 2 atom stereocenters. The zero-order valence-corrected chi connectivity index (χ0v) is 14.4. The lowest BCUT2D eigenvalue weighted by Crippen LogP contribution is -2.46. The lowest BCUT2D eigenvalue weighted by atomic mass is 9.92. The van der Waals surface area contributed by atoms with Crippen LogP contribution in [0, 0.1) is 0 Å². The van der Waals surface area contributed by atoms with E-state index in [0.29, 0.717) is 31.1 Å². The molecule has 1 aromatic carbocycles. The summed E-state index contributed by atoms with van der Waals surface area (Å²) in [6.07, 6.45) is 2.41. The fourth-order valence-electron chi connectivity index (χ4n) is 3.01. The maximum atomic E-state index is 13.1. The molecule has 0 radical (unpaired) electrons. The van der Waals surface area contributed by atoms with Crippen LogP contribution in [0.25, 0.3) is 0 Å². The summed E-state index contributed by atoms with van der Waals surface area (Å²) in [7, 11) is 0. The molecule has 0 N–H and O–H groups in total. The number of hydrogen-bond acceptors (Lipinski definition) is 3. The van der Waals surface area contributed by atoms with E-state index in [1.165, 1.54) is 0 Å². The molecule has 126 valence electrons. The number of rotatable bonds is 4. The van der Waals surface area contributed by atoms with Gasteiger partial charge in [-0.05, 0) is 36.8 Å². The Morgan fingerprint density at radius 2 is 2.12 bits per heavy atom. The molecule has 0 bridgehead atoms. The van der Waals surface area contributed by atoms with Crippen molar-refractivity contribution in [2.24, 2.45) is 0 Å². The van der Waals surface area contributed by atoms with Gasteiger partial charge < -0.3 is 9.64 Å². The summed E-state index contributed by atoms with van der Waals surface area (Å²) in [5.74, 6) is -0.138. The average molecular weight is 345 g/mol. The Hall–Kier alpha value is -1.91. The fourth-order valence-corrected chi connectivity index (χ4v) is 3.14. The summed E-state index contributed by atoms with van der Waals surface area (Å²) in [6.45, 7) is 3.85. The number of carbonyl (C=O) groups is 1. The molecule has 0 aliphatic carbocycles. The van der Waals surface area contributed by atoms with Gasteiger partial charge >= 0.3 is 0 Å². The van der Waals surface area contributed by atoms with Crippen LogP contribution in [0.5, 0.6) is 0 Å². The van der Waals surface area contributed by atoms with E-state index >= 15 is 0 Å². The number of ether oxygens (including phenoxy) is 1. The molecule has 2 heterocycles. The van der Waals surface area contributed by atoms with Crippen molar-refractivity contribution in [2.45, 2.75) is 25.4 Å². The topological polar surface area (TPSA) is 42.4 Å². The van der Waals surface area contributed by atoms with Crippen LogP contribution in [-0.4, -0.2) is 41.6 Å². The first-order valence-corrected chi connectivity index (χ1v) is 8.57. The summed E-state index contributed by atoms with van der Waals surface area (Å²) in [5, 5.41) is 0.669. The average Bonchev–Trinajstić information content (AvgIpc) is 2.61. The maximum Gasteiger partial charge on any atom is 0.230 e. The van der Waals surface area contributed by atoms with Crippen molar-refractivity contribution in [3.63, 3.8) is 0 Å². The van der Waals surface area contributed by atoms with Crippen LogP contribution in [-0.2, 0) is 16.0 Å². The zero-order valence-electron chi connectivity index (χ0n) is 13.7. The normalized spacial score (nSPS) is 19.1. The molecule has 2 aromatic rings. The van der Waals surface area contributed by atoms with Gasteiger partial charge in [-0.2, -0.15) is 0 Å². The lowest BCUT2D eigenvalue weighted by Gasteiger charge is -2.34. The number of amides is 1. The summed E-state index contributed by atoms with van der Waals surface area (Å²) in [4.78, 5) is 19.4. The number of morpholine rings is 1. The third kappa shape index (κ3) is 4.13. The lowest BCUT2D eigenvalue weighted by molar-refractivity contribution is -0.139. The Labute approximate surface area is 147 Å². The number of halogens is 1. The van der Waals surface area contributed by atoms with Crippen molar-refractivity contribution >= 4 is 17.5 Å². The predicted molar refractivity (Wildman–Crippen MR) is 94.1 cm³/mol. The van der Waals surface area contributed by atoms with E-state index < -0.39 is 0 Å². The van der Waals surface area contributed by atoms with Gasteiger partial charge in [-0.3, -0.25) is 9.78 Å². The van der Waals surface area contributed by atoms with Crippen LogP contribution in [0.1, 0.15) is 24.1 Å². The SMILES string of the molecule is CC1CN(C(=O)C(Cc2ccccn2)c2ccc(Cl)cc2)CCO1. The summed E-state index contributed by atoms with van der Waals surface area (Å²) < 4.78 is 5.55. The Kier molecular flexibility index (Phi) is 5.48. The van der Waals surface area contributed by atoms with Gasteiger partial charge in [0.2, 0.25) is 5.91 Å². The van der Waals surface area contributed by atoms with Gasteiger partial charge in [0.05, 0.1) is 18.6 Å². The Balaban J connectivity index is 1.86. The number of carbonyl (C=O) groups excluding carboxylic acids is 1. The second kappa shape index (κ2) is 7.77. The van der Waals surface area contributed by atoms with Crippen LogP contribution in [0.15, 0.2) is 48.7 Å². The third-order valence-corrected chi connectivity index (χ3v) is 4.51. The second-order valence-corrected chi connectivity index (χ2v) is 6.53. The highest BCUT2D eigenvalue weighted by Crippen LogP contribution is 2.25. The summed E-state index contributed by atoms with van der Waals surface area (Å²) >= 11 is 6.00. The van der Waals surface area contributed by atoms with E-state index in [2.05, 4.69) is 4.98 Å². The standard InChI is InChI=1S/C19H21ClN2O2/c1-14-13-22(10-11-24-14)19(23)18(12-17-4-2-3-9-21-17)15-5-7-16(20)8-6-15/h2-9,14,18H,10-13H2,1H3. The molecule has 4 nitrogen and oxygen atoms in total. The smallest absolute Gasteiger partial charge is 0.230 e. The number of nitrogens with zero attached hydrogens (tertiary/aromatic N) is 2. The first-order valence-electron chi connectivity index (χ1n) is 8.19. The van der Waals surface area contributed by atoms with Crippen molar-refractivity contribution in [2.75, 3.05) is 19.7 Å². The van der Waals surface area contributed by atoms with E-state index in [4.69, 9.17) is 16.3 Å². The largest absolute Gasteiger partial charge is 0.375 e. The number of hydrogen-bond donors (Lipinski definition) is 0. The first-order chi connectivity index (χ1) is 11.6. The Bertz CT molecular complexity index is 676. The monoisotopic (exact) mass is 344 g/mol. The van der Waals surface area contributed by atoms with Crippen molar-refractivity contribution in [3.8, 4) is 0 Å². The van der Waals surface area contributed by atoms with Gasteiger partial charge in [0, 0.05) is 36.4 Å². The van der Waals surface area contributed by atoms with E-state index in [1.807, 2.05) is 54.3 Å². The third-order valence-electron chi connectivity index (χ3n) is 4.26. The van der Waals surface area contributed by atoms with E-state index in [1.54, 1.807) is 6.20 Å². The molecular weight excluding hydrogens is 324 g/mol. The van der Waals surface area contributed by atoms with Gasteiger partial charge in [-0.15, -0.1) is 0 Å². The fraction of sp³-hybridized carbons (Fsp3) is 0.368. The van der Waals surface area contributed by atoms with Crippen LogP contribution < -0.4 is 0 Å². The minimum Gasteiger partial charge on any atom is -0.375 e. The molecule has 1 aliphatic heterocycles. The minimum atomic E-state index is -0.262. The molecule has 1 fully saturated rings. The molecule has 24 heavy (non-hydrogen) atoms. The highest BCUT2D eigenvalue weighted by atomic mass is 35.5. The minimum absolute atomic E-state index is 0.0726. The van der Waals surface area contributed by atoms with Crippen molar-refractivity contribution in [1.82, 2.24) is 9.88 Å². The summed E-state index contributed by atoms with van der Waals surface area (Å²) in [6, 6.07) is 13.3. The summed E-state index contributed by atoms with van der Waals surface area (Å²) in [5.41, 5.74) is 1.88. The van der Waals surface area contributed by atoms with Gasteiger partial charge in [-0.25, -0.2) is 0 Å². The maximum absolute atomic E-state index is 13.1. The Morgan fingerprint density at radius 1 is 1.33 bits per heavy atom. The molecule has 1 amide bonds. The molecule has 1 aromatic heterocycles. The molecule has 0 saturated carbocycles. The molecule has 0 spiro atoms. The van der Waals surface area contributed by atoms with Gasteiger partial charge in [0.15, 0.2) is 0 Å². The first kappa shape index (κ1) is 16.9. The zero-order chi connectivity index (χ0) is 16.9. The highest BCUT2D eigenvalue weighted by Gasteiger charge is 2.29. The quantitative estimate of drug-likeness (QED) is 0.854. The van der Waals surface area contributed by atoms with Crippen molar-refractivity contribution in [3.05, 3.63) is 64.9 Å². The molecule has 3 rings (SSSR count). The van der Waals surface area contributed by atoms with Gasteiger partial charge in [0.25, 0.3) is 0 Å². The van der Waals surface area contributed by atoms with Crippen molar-refractivity contribution < 1.29 is 9.53 Å². The number of aromatic nitrogens is 1. The number of benzene rings is 1. The molecule has 1 aliphatic rings. The molecule has 5 heteroatoms. The predicted octanol–water partition coefficient (Wildman–Crippen LogP) is 3.31. The Morgan fingerprint density at radius 3 is 2.79 bits per heavy atom. The van der Waals surface area contributed by atoms with Crippen LogP contribution in [0.3, 0.4) is 0 Å². The molecular formula is C19H21ClN2O2. The highest BCUT2D eigenvalue weighted by molar-refractivity contribution is 6.30. The molecule has 2 unspecified atom stereocenters. The number of pyridine rings is 1. The van der Waals surface area contributed by atoms with Crippen molar-refractivity contribution in [1.29, 1.82) is 0 Å². The second-order valence-electron chi connectivity index (χ2n) is 6.09.